The fraction of sp³-hybridized carbons (Fsp3) is 0. The van der Waals surface area contributed by atoms with E-state index in [1.165, 1.54) is 55.6 Å². The first-order chi connectivity index (χ1) is 39.3. The lowest BCUT2D eigenvalue weighted by molar-refractivity contribution is 1.67. The molecule has 10 aromatic rings. The molecule has 0 spiro atoms. The van der Waals surface area contributed by atoms with Gasteiger partial charge in [-0.05, 0) is 55.6 Å². The van der Waals surface area contributed by atoms with Gasteiger partial charge in [0.15, 0.2) is 0 Å². The highest BCUT2D eigenvalue weighted by Crippen LogP contribution is 2.03. The summed E-state index contributed by atoms with van der Waals surface area (Å²) in [5.41, 5.74) is 11.7. The molecule has 400 valence electrons. The van der Waals surface area contributed by atoms with E-state index >= 15 is 0 Å². The van der Waals surface area contributed by atoms with Crippen molar-refractivity contribution in [2.75, 3.05) is 0 Å². The van der Waals surface area contributed by atoms with E-state index in [2.05, 4.69) is 65.8 Å². The Morgan fingerprint density at radius 1 is 0.113 bits per heavy atom. The molecule has 0 saturated heterocycles. The molecule has 0 N–H and O–H groups in total. The van der Waals surface area contributed by atoms with Gasteiger partial charge < -0.3 is 0 Å². The monoisotopic (exact) mass is 1040 g/mol. The molecule has 0 amide bonds. The average molecular weight is 1040 g/mol. The van der Waals surface area contributed by atoms with E-state index in [9.17, 15) is 0 Å². The Morgan fingerprint density at radius 2 is 0.175 bits per heavy atom. The van der Waals surface area contributed by atoms with Gasteiger partial charge >= 0.3 is 0 Å². The minimum Gasteiger partial charge on any atom is -0.0985 e. The maximum Gasteiger partial charge on any atom is -0.0263 e. The summed E-state index contributed by atoms with van der Waals surface area (Å²) >= 11 is 0. The van der Waals surface area contributed by atoms with Gasteiger partial charge in [0.25, 0.3) is 0 Å². The summed E-state index contributed by atoms with van der Waals surface area (Å²) in [4.78, 5) is 0. The van der Waals surface area contributed by atoms with Crippen LogP contribution in [0.4, 0.5) is 0 Å². The molecule has 0 heterocycles. The second kappa shape index (κ2) is 49.5. The summed E-state index contributed by atoms with van der Waals surface area (Å²) in [7, 11) is 0. The zero-order chi connectivity index (χ0) is 58.2. The van der Waals surface area contributed by atoms with Crippen molar-refractivity contribution in [1.82, 2.24) is 0 Å². The average Bonchev–Trinajstić information content (AvgIpc) is 3.57. The van der Waals surface area contributed by atoms with Crippen LogP contribution in [0.2, 0.25) is 0 Å². The molecule has 0 aromatic heterocycles. The molecule has 10 rings (SSSR count). The Hall–Kier alpha value is -10.4. The van der Waals surface area contributed by atoms with Crippen molar-refractivity contribution in [2.45, 2.75) is 0 Å². The molecular formula is C80H80. The zero-order valence-electron chi connectivity index (χ0n) is 46.7. The number of rotatable bonds is 10. The first-order valence-electron chi connectivity index (χ1n) is 26.1. The summed E-state index contributed by atoms with van der Waals surface area (Å²) in [5, 5.41) is 0. The topological polar surface area (TPSA) is 0 Å². The van der Waals surface area contributed by atoms with Crippen molar-refractivity contribution in [3.05, 3.63) is 425 Å². The van der Waals surface area contributed by atoms with E-state index in [1.54, 1.807) is 0 Å². The maximum absolute atomic E-state index is 3.63. The third kappa shape index (κ3) is 37.3. The fourth-order valence-electron chi connectivity index (χ4n) is 5.89. The fourth-order valence-corrected chi connectivity index (χ4v) is 5.89. The van der Waals surface area contributed by atoms with E-state index in [0.29, 0.717) is 0 Å². The standard InChI is InChI=1S/10C8H8/c10*1-2-8-6-4-3-5-7-8/h10*2-7H,1H2. The number of benzene rings is 10. The molecule has 0 aliphatic rings. The van der Waals surface area contributed by atoms with Crippen LogP contribution in [0.25, 0.3) is 60.8 Å². The van der Waals surface area contributed by atoms with E-state index in [4.69, 9.17) is 0 Å². The Balaban J connectivity index is 0.000000444. The van der Waals surface area contributed by atoms with Crippen LogP contribution in [0, 0.1) is 0 Å². The van der Waals surface area contributed by atoms with E-state index in [-0.39, 0.29) is 0 Å². The second-order valence-electron chi connectivity index (χ2n) is 16.1. The first-order valence-corrected chi connectivity index (χ1v) is 26.1. The van der Waals surface area contributed by atoms with Crippen LogP contribution >= 0.6 is 0 Å². The Morgan fingerprint density at radius 3 is 0.212 bits per heavy atom. The Bertz CT molecular complexity index is 2350. The summed E-state index contributed by atoms with van der Waals surface area (Å²) < 4.78 is 0. The summed E-state index contributed by atoms with van der Waals surface area (Å²) in [5.74, 6) is 0. The predicted molar refractivity (Wildman–Crippen MR) is 365 cm³/mol. The van der Waals surface area contributed by atoms with Crippen LogP contribution in [-0.4, -0.2) is 0 Å². The van der Waals surface area contributed by atoms with Crippen molar-refractivity contribution >= 4 is 60.8 Å². The number of hydrogen-bond acceptors (Lipinski definition) is 0. The third-order valence-corrected chi connectivity index (χ3v) is 10.4. The largest absolute Gasteiger partial charge is 0.0985 e. The lowest BCUT2D eigenvalue weighted by Gasteiger charge is -1.85. The van der Waals surface area contributed by atoms with Gasteiger partial charge in [0.05, 0.1) is 0 Å². The van der Waals surface area contributed by atoms with Crippen LogP contribution in [0.3, 0.4) is 0 Å². The van der Waals surface area contributed by atoms with Gasteiger partial charge in [0.1, 0.15) is 0 Å². The molecule has 0 radical (unpaired) electrons. The predicted octanol–water partition coefficient (Wildman–Crippen LogP) is 23.3. The SMILES string of the molecule is C=Cc1ccccc1.C=Cc1ccccc1.C=Cc1ccccc1.C=Cc1ccccc1.C=Cc1ccccc1.C=Cc1ccccc1.C=Cc1ccccc1.C=Cc1ccccc1.C=Cc1ccccc1.C=Cc1ccccc1. The Labute approximate surface area is 482 Å². The van der Waals surface area contributed by atoms with Gasteiger partial charge in [-0.25, -0.2) is 0 Å². The van der Waals surface area contributed by atoms with Crippen molar-refractivity contribution in [3.8, 4) is 0 Å². The minimum atomic E-state index is 1.17. The van der Waals surface area contributed by atoms with Gasteiger partial charge in [-0.15, -0.1) is 0 Å². The van der Waals surface area contributed by atoms with E-state index in [0.717, 1.165) is 0 Å². The minimum absolute atomic E-state index is 1.17. The first kappa shape index (κ1) is 67.6. The summed E-state index contributed by atoms with van der Waals surface area (Å²) in [6.45, 7) is 36.3. The van der Waals surface area contributed by atoms with E-state index < -0.39 is 0 Å². The van der Waals surface area contributed by atoms with Gasteiger partial charge in [-0.3, -0.25) is 0 Å². The highest BCUT2D eigenvalue weighted by molar-refractivity contribution is 5.51. The van der Waals surface area contributed by atoms with Gasteiger partial charge in [0.2, 0.25) is 0 Å². The second-order valence-corrected chi connectivity index (χ2v) is 16.1. The smallest absolute Gasteiger partial charge is 0.0263 e. The molecule has 0 atom stereocenters. The highest BCUT2D eigenvalue weighted by Gasteiger charge is 1.82. The molecule has 0 aliphatic carbocycles. The lowest BCUT2D eigenvalue weighted by atomic mass is 10.2. The van der Waals surface area contributed by atoms with Gasteiger partial charge in [0, 0.05) is 0 Å². The molecule has 0 aliphatic heterocycles. The van der Waals surface area contributed by atoms with Gasteiger partial charge in [-0.1, -0.05) is 430 Å². The van der Waals surface area contributed by atoms with Gasteiger partial charge in [-0.2, -0.15) is 0 Å². The molecule has 80 heavy (non-hydrogen) atoms. The molecule has 0 saturated carbocycles. The van der Waals surface area contributed by atoms with E-state index in [1.807, 2.05) is 364 Å². The summed E-state index contributed by atoms with van der Waals surface area (Å²) in [6, 6.07) is 100. The van der Waals surface area contributed by atoms with Crippen LogP contribution in [0.15, 0.2) is 369 Å². The Kier molecular flexibility index (Phi) is 41.8. The molecule has 0 bridgehead atoms. The molecular weight excluding hydrogens is 961 g/mol. The molecule has 0 nitrogen and oxygen atoms in total. The third-order valence-electron chi connectivity index (χ3n) is 10.4. The van der Waals surface area contributed by atoms with Crippen LogP contribution in [0.5, 0.6) is 0 Å². The van der Waals surface area contributed by atoms with Crippen molar-refractivity contribution in [1.29, 1.82) is 0 Å². The zero-order valence-corrected chi connectivity index (χ0v) is 46.7. The van der Waals surface area contributed by atoms with Crippen molar-refractivity contribution in [3.63, 3.8) is 0 Å². The maximum atomic E-state index is 3.63. The molecule has 0 unspecified atom stereocenters. The van der Waals surface area contributed by atoms with Crippen molar-refractivity contribution in [2.24, 2.45) is 0 Å². The quantitative estimate of drug-likeness (QED) is 0.128. The summed E-state index contributed by atoms with van der Waals surface area (Å²) in [6.07, 6.45) is 18.3. The molecule has 0 heteroatoms. The normalized spacial score (nSPS) is 8.50. The van der Waals surface area contributed by atoms with Crippen LogP contribution in [0.1, 0.15) is 55.6 Å². The lowest BCUT2D eigenvalue weighted by Crippen LogP contribution is -1.63. The van der Waals surface area contributed by atoms with Crippen LogP contribution < -0.4 is 0 Å². The molecule has 10 aromatic carbocycles. The number of hydrogen-bond donors (Lipinski definition) is 0. The van der Waals surface area contributed by atoms with Crippen molar-refractivity contribution < 1.29 is 0 Å². The van der Waals surface area contributed by atoms with Crippen LogP contribution in [-0.2, 0) is 0 Å². The highest BCUT2D eigenvalue weighted by atomic mass is 13.9. The molecule has 0 fully saturated rings.